The Bertz CT molecular complexity index is 175. The molecule has 0 saturated carbocycles. The second kappa shape index (κ2) is 5.10. The van der Waals surface area contributed by atoms with E-state index in [0.717, 1.165) is 25.2 Å². The topological polar surface area (TPSA) is 24.5 Å². The maximum atomic E-state index is 5.06. The number of nitrogens with one attached hydrogen (secondary N) is 1. The summed E-state index contributed by atoms with van der Waals surface area (Å²) in [4.78, 5) is 2.66. The Kier molecular flexibility index (Phi) is 3.79. The number of hydrogen-bond donors (Lipinski definition) is 1. The fraction of sp³-hybridized carbons (Fsp3) is 1.00. The second-order valence-electron chi connectivity index (χ2n) is 4.44. The van der Waals surface area contributed by atoms with Crippen molar-refractivity contribution in [1.29, 1.82) is 0 Å². The van der Waals surface area contributed by atoms with Crippen LogP contribution in [0.2, 0.25) is 0 Å². The summed E-state index contributed by atoms with van der Waals surface area (Å²) < 4.78 is 5.06. The standard InChI is InChI=1S/C11H22N2O/c1-14-9-6-12-10-5-8-13-7-3-2-4-11(10)13/h10-12H,2-9H2,1H3. The van der Waals surface area contributed by atoms with E-state index in [1.807, 2.05) is 0 Å². The van der Waals surface area contributed by atoms with Crippen LogP contribution in [0.15, 0.2) is 0 Å². The lowest BCUT2D eigenvalue weighted by Crippen LogP contribution is -2.45. The predicted octanol–water partition coefficient (Wildman–Crippen LogP) is 0.849. The van der Waals surface area contributed by atoms with E-state index in [9.17, 15) is 0 Å². The first-order valence-electron chi connectivity index (χ1n) is 5.88. The van der Waals surface area contributed by atoms with Crippen molar-refractivity contribution in [2.75, 3.05) is 33.4 Å². The van der Waals surface area contributed by atoms with Crippen LogP contribution in [0.5, 0.6) is 0 Å². The normalized spacial score (nSPS) is 33.2. The van der Waals surface area contributed by atoms with Crippen LogP contribution in [0.1, 0.15) is 25.7 Å². The zero-order chi connectivity index (χ0) is 9.80. The molecule has 2 heterocycles. The summed E-state index contributed by atoms with van der Waals surface area (Å²) >= 11 is 0. The molecule has 1 N–H and O–H groups in total. The van der Waals surface area contributed by atoms with E-state index in [1.54, 1.807) is 7.11 Å². The van der Waals surface area contributed by atoms with Gasteiger partial charge in [0.15, 0.2) is 0 Å². The molecule has 0 amide bonds. The summed E-state index contributed by atoms with van der Waals surface area (Å²) in [5, 5.41) is 3.62. The molecule has 0 aromatic carbocycles. The quantitative estimate of drug-likeness (QED) is 0.678. The average Bonchev–Trinajstić information content (AvgIpc) is 2.63. The first-order chi connectivity index (χ1) is 6.92. The molecule has 2 fully saturated rings. The van der Waals surface area contributed by atoms with Crippen molar-refractivity contribution in [2.24, 2.45) is 0 Å². The Balaban J connectivity index is 1.76. The van der Waals surface area contributed by atoms with Crippen LogP contribution >= 0.6 is 0 Å². The number of hydrogen-bond acceptors (Lipinski definition) is 3. The van der Waals surface area contributed by atoms with E-state index in [2.05, 4.69) is 10.2 Å². The first kappa shape index (κ1) is 10.4. The third-order valence-electron chi connectivity index (χ3n) is 3.57. The Morgan fingerprint density at radius 3 is 3.07 bits per heavy atom. The van der Waals surface area contributed by atoms with E-state index in [1.165, 1.54) is 38.8 Å². The van der Waals surface area contributed by atoms with Gasteiger partial charge in [0, 0.05) is 32.3 Å². The van der Waals surface area contributed by atoms with Gasteiger partial charge < -0.3 is 10.1 Å². The molecule has 2 aliphatic heterocycles. The van der Waals surface area contributed by atoms with Crippen molar-refractivity contribution in [2.45, 2.75) is 37.8 Å². The molecule has 0 spiro atoms. The van der Waals surface area contributed by atoms with E-state index >= 15 is 0 Å². The SMILES string of the molecule is COCCNC1CCN2CCCCC12. The largest absolute Gasteiger partial charge is 0.383 e. The molecule has 14 heavy (non-hydrogen) atoms. The van der Waals surface area contributed by atoms with Crippen LogP contribution in [-0.2, 0) is 4.74 Å². The maximum absolute atomic E-state index is 5.06. The van der Waals surface area contributed by atoms with E-state index < -0.39 is 0 Å². The number of methoxy groups -OCH3 is 1. The van der Waals surface area contributed by atoms with E-state index in [4.69, 9.17) is 4.74 Å². The third kappa shape index (κ3) is 2.27. The van der Waals surface area contributed by atoms with Crippen LogP contribution in [0.3, 0.4) is 0 Å². The second-order valence-corrected chi connectivity index (χ2v) is 4.44. The molecule has 2 atom stereocenters. The molecule has 82 valence electrons. The van der Waals surface area contributed by atoms with Crippen LogP contribution in [-0.4, -0.2) is 50.3 Å². The van der Waals surface area contributed by atoms with Gasteiger partial charge in [-0.25, -0.2) is 0 Å². The van der Waals surface area contributed by atoms with E-state index in [0.29, 0.717) is 0 Å². The molecule has 0 aliphatic carbocycles. The highest BCUT2D eigenvalue weighted by atomic mass is 16.5. The van der Waals surface area contributed by atoms with Crippen LogP contribution < -0.4 is 5.32 Å². The third-order valence-corrected chi connectivity index (χ3v) is 3.57. The summed E-state index contributed by atoms with van der Waals surface area (Å²) in [5.41, 5.74) is 0. The number of fused-ring (bicyclic) bond motifs is 1. The van der Waals surface area contributed by atoms with Crippen molar-refractivity contribution in [1.82, 2.24) is 10.2 Å². The number of ether oxygens (including phenoxy) is 1. The van der Waals surface area contributed by atoms with Crippen molar-refractivity contribution < 1.29 is 4.74 Å². The van der Waals surface area contributed by atoms with Gasteiger partial charge in [-0.1, -0.05) is 6.42 Å². The summed E-state index contributed by atoms with van der Waals surface area (Å²) in [5.74, 6) is 0. The summed E-state index contributed by atoms with van der Waals surface area (Å²) in [6, 6.07) is 1.55. The minimum Gasteiger partial charge on any atom is -0.383 e. The van der Waals surface area contributed by atoms with Gasteiger partial charge in [-0.05, 0) is 25.8 Å². The molecular formula is C11H22N2O. The lowest BCUT2D eigenvalue weighted by Gasteiger charge is -2.32. The van der Waals surface area contributed by atoms with Gasteiger partial charge in [0.05, 0.1) is 6.61 Å². The van der Waals surface area contributed by atoms with Gasteiger partial charge in [0.25, 0.3) is 0 Å². The highest BCUT2D eigenvalue weighted by Crippen LogP contribution is 2.26. The Labute approximate surface area is 86.8 Å². The average molecular weight is 198 g/mol. The number of nitrogens with zero attached hydrogens (tertiary/aromatic N) is 1. The molecule has 3 heteroatoms. The van der Waals surface area contributed by atoms with Crippen molar-refractivity contribution in [3.63, 3.8) is 0 Å². The Hall–Kier alpha value is -0.120. The fourth-order valence-corrected chi connectivity index (χ4v) is 2.83. The summed E-state index contributed by atoms with van der Waals surface area (Å²) in [6.07, 6.45) is 5.55. The van der Waals surface area contributed by atoms with Crippen LogP contribution in [0, 0.1) is 0 Å². The molecular weight excluding hydrogens is 176 g/mol. The molecule has 2 aliphatic rings. The van der Waals surface area contributed by atoms with Crippen molar-refractivity contribution in [3.05, 3.63) is 0 Å². The number of rotatable bonds is 4. The van der Waals surface area contributed by atoms with Crippen molar-refractivity contribution >= 4 is 0 Å². The fourth-order valence-electron chi connectivity index (χ4n) is 2.83. The van der Waals surface area contributed by atoms with Gasteiger partial charge in [0.2, 0.25) is 0 Å². The zero-order valence-electron chi connectivity index (χ0n) is 9.17. The Morgan fingerprint density at radius 1 is 1.29 bits per heavy atom. The predicted molar refractivity (Wildman–Crippen MR) is 57.5 cm³/mol. The van der Waals surface area contributed by atoms with Gasteiger partial charge in [0.1, 0.15) is 0 Å². The van der Waals surface area contributed by atoms with Gasteiger partial charge >= 0.3 is 0 Å². The Morgan fingerprint density at radius 2 is 2.21 bits per heavy atom. The van der Waals surface area contributed by atoms with Gasteiger partial charge in [-0.15, -0.1) is 0 Å². The molecule has 0 bridgehead atoms. The highest BCUT2D eigenvalue weighted by molar-refractivity contribution is 4.93. The maximum Gasteiger partial charge on any atom is 0.0587 e. The molecule has 2 unspecified atom stereocenters. The molecule has 2 rings (SSSR count). The lowest BCUT2D eigenvalue weighted by atomic mass is 9.99. The minimum absolute atomic E-state index is 0.727. The van der Waals surface area contributed by atoms with Crippen molar-refractivity contribution in [3.8, 4) is 0 Å². The van der Waals surface area contributed by atoms with Gasteiger partial charge in [-0.2, -0.15) is 0 Å². The van der Waals surface area contributed by atoms with Crippen LogP contribution in [0.25, 0.3) is 0 Å². The first-order valence-corrected chi connectivity index (χ1v) is 5.88. The summed E-state index contributed by atoms with van der Waals surface area (Å²) in [6.45, 7) is 4.47. The molecule has 3 nitrogen and oxygen atoms in total. The highest BCUT2D eigenvalue weighted by Gasteiger charge is 2.34. The molecule has 0 aromatic rings. The molecule has 2 saturated heterocycles. The zero-order valence-corrected chi connectivity index (χ0v) is 9.17. The molecule has 0 radical (unpaired) electrons. The smallest absolute Gasteiger partial charge is 0.0587 e. The van der Waals surface area contributed by atoms with E-state index in [-0.39, 0.29) is 0 Å². The summed E-state index contributed by atoms with van der Waals surface area (Å²) in [7, 11) is 1.77. The lowest BCUT2D eigenvalue weighted by molar-refractivity contribution is 0.167. The minimum atomic E-state index is 0.727. The van der Waals surface area contributed by atoms with Gasteiger partial charge in [-0.3, -0.25) is 4.90 Å². The molecule has 0 aromatic heterocycles. The monoisotopic (exact) mass is 198 g/mol. The van der Waals surface area contributed by atoms with Crippen LogP contribution in [0.4, 0.5) is 0 Å². The number of piperidine rings is 1.